The molecule has 4 nitrogen and oxygen atoms in total. The Morgan fingerprint density at radius 1 is 0.967 bits per heavy atom. The highest BCUT2D eigenvalue weighted by Gasteiger charge is 2.24. The molecule has 1 amide bonds. The Morgan fingerprint density at radius 2 is 1.57 bits per heavy atom. The number of amidine groups is 1. The summed E-state index contributed by atoms with van der Waals surface area (Å²) in [6.45, 7) is 2.98. The van der Waals surface area contributed by atoms with E-state index in [1.165, 1.54) is 0 Å². The van der Waals surface area contributed by atoms with Gasteiger partial charge in [0.15, 0.2) is 0 Å². The third-order valence-electron chi connectivity index (χ3n) is 4.95. The standard InChI is InChI=1S/C24H20F2N2O2/c1-2-30-24(27-23(29)21-13-18(25)11-12-22(21)26)28-14-16-7-3-5-9-19(16)20-10-6-4-8-17(20)15-28/h3-13H,2,14-15H2,1H3/b27-24-. The summed E-state index contributed by atoms with van der Waals surface area (Å²) in [4.78, 5) is 18.5. The maximum atomic E-state index is 14.0. The zero-order chi connectivity index (χ0) is 21.1. The monoisotopic (exact) mass is 406 g/mol. The van der Waals surface area contributed by atoms with Crippen LogP contribution in [0.25, 0.3) is 11.1 Å². The van der Waals surface area contributed by atoms with Crippen LogP contribution in [-0.4, -0.2) is 23.4 Å². The molecule has 0 aromatic heterocycles. The lowest BCUT2D eigenvalue weighted by Gasteiger charge is -2.24. The average Bonchev–Trinajstić information content (AvgIpc) is 2.92. The van der Waals surface area contributed by atoms with Gasteiger partial charge < -0.3 is 9.64 Å². The summed E-state index contributed by atoms with van der Waals surface area (Å²) in [7, 11) is 0. The van der Waals surface area contributed by atoms with E-state index in [1.807, 2.05) is 41.3 Å². The molecule has 0 unspecified atom stereocenters. The van der Waals surface area contributed by atoms with Gasteiger partial charge in [0.2, 0.25) is 0 Å². The first-order valence-electron chi connectivity index (χ1n) is 9.69. The van der Waals surface area contributed by atoms with Crippen LogP contribution in [0.3, 0.4) is 0 Å². The van der Waals surface area contributed by atoms with Crippen LogP contribution in [0.1, 0.15) is 28.4 Å². The smallest absolute Gasteiger partial charge is 0.296 e. The molecule has 0 N–H and O–H groups in total. The highest BCUT2D eigenvalue weighted by Crippen LogP contribution is 2.32. The fourth-order valence-corrected chi connectivity index (χ4v) is 3.58. The summed E-state index contributed by atoms with van der Waals surface area (Å²) < 4.78 is 33.2. The second-order valence-electron chi connectivity index (χ2n) is 6.93. The van der Waals surface area contributed by atoms with E-state index in [1.54, 1.807) is 6.92 Å². The van der Waals surface area contributed by atoms with Crippen LogP contribution < -0.4 is 0 Å². The van der Waals surface area contributed by atoms with Crippen LogP contribution in [0.2, 0.25) is 0 Å². The van der Waals surface area contributed by atoms with Crippen LogP contribution in [0.15, 0.2) is 71.7 Å². The number of rotatable bonds is 2. The number of benzene rings is 3. The minimum atomic E-state index is -0.888. The van der Waals surface area contributed by atoms with Gasteiger partial charge in [-0.15, -0.1) is 0 Å². The van der Waals surface area contributed by atoms with Gasteiger partial charge in [0, 0.05) is 13.1 Å². The van der Waals surface area contributed by atoms with Crippen molar-refractivity contribution >= 4 is 11.9 Å². The Bertz CT molecular complexity index is 1080. The van der Waals surface area contributed by atoms with Gasteiger partial charge >= 0.3 is 0 Å². The minimum Gasteiger partial charge on any atom is -0.465 e. The van der Waals surface area contributed by atoms with E-state index >= 15 is 0 Å². The Hall–Kier alpha value is -3.54. The number of fused-ring (bicyclic) bond motifs is 3. The van der Waals surface area contributed by atoms with Gasteiger partial charge in [0.1, 0.15) is 11.6 Å². The second-order valence-corrected chi connectivity index (χ2v) is 6.93. The highest BCUT2D eigenvalue weighted by atomic mass is 19.1. The number of hydrogen-bond acceptors (Lipinski definition) is 2. The second kappa shape index (κ2) is 8.45. The fraction of sp³-hybridized carbons (Fsp3) is 0.167. The topological polar surface area (TPSA) is 41.9 Å². The summed E-state index contributed by atoms with van der Waals surface area (Å²) in [5.74, 6) is -2.42. The Labute approximate surface area is 173 Å². The third kappa shape index (κ3) is 3.94. The van der Waals surface area contributed by atoms with Crippen molar-refractivity contribution in [2.24, 2.45) is 4.99 Å². The average molecular weight is 406 g/mol. The quantitative estimate of drug-likeness (QED) is 0.435. The molecule has 0 atom stereocenters. The van der Waals surface area contributed by atoms with Crippen molar-refractivity contribution in [3.8, 4) is 11.1 Å². The first-order chi connectivity index (χ1) is 14.6. The normalized spacial score (nSPS) is 13.3. The van der Waals surface area contributed by atoms with Crippen LogP contribution >= 0.6 is 0 Å². The van der Waals surface area contributed by atoms with E-state index in [0.29, 0.717) is 13.1 Å². The molecule has 0 saturated carbocycles. The fourth-order valence-electron chi connectivity index (χ4n) is 3.58. The zero-order valence-corrected chi connectivity index (χ0v) is 16.4. The lowest BCUT2D eigenvalue weighted by molar-refractivity contribution is 0.0989. The highest BCUT2D eigenvalue weighted by molar-refractivity contribution is 6.01. The molecule has 1 heterocycles. The molecule has 0 aliphatic carbocycles. The molecule has 6 heteroatoms. The maximum absolute atomic E-state index is 14.0. The number of aliphatic imine (C=N–C) groups is 1. The number of hydrogen-bond donors (Lipinski definition) is 0. The van der Waals surface area contributed by atoms with Crippen LogP contribution in [0.4, 0.5) is 8.78 Å². The number of amides is 1. The van der Waals surface area contributed by atoms with Crippen molar-refractivity contribution in [1.29, 1.82) is 0 Å². The third-order valence-corrected chi connectivity index (χ3v) is 4.95. The first kappa shape index (κ1) is 19.8. The Balaban J connectivity index is 1.75. The van der Waals surface area contributed by atoms with Crippen LogP contribution in [-0.2, 0) is 17.8 Å². The van der Waals surface area contributed by atoms with E-state index in [9.17, 15) is 13.6 Å². The Morgan fingerprint density at radius 3 is 2.17 bits per heavy atom. The molecule has 0 bridgehead atoms. The van der Waals surface area contributed by atoms with E-state index in [4.69, 9.17) is 4.74 Å². The van der Waals surface area contributed by atoms with E-state index in [-0.39, 0.29) is 12.6 Å². The SMILES string of the molecule is CCO/C(=N\C(=O)c1cc(F)ccc1F)N1Cc2ccccc2-c2ccccc2C1. The molecular formula is C24H20F2N2O2. The van der Waals surface area contributed by atoms with Crippen molar-refractivity contribution in [3.05, 3.63) is 95.1 Å². The number of nitrogens with zero attached hydrogens (tertiary/aromatic N) is 2. The number of halogens is 2. The number of carbonyl (C=O) groups is 1. The molecule has 4 rings (SSSR count). The van der Waals surface area contributed by atoms with Crippen molar-refractivity contribution < 1.29 is 18.3 Å². The molecule has 1 aliphatic rings. The lowest BCUT2D eigenvalue weighted by atomic mass is 9.97. The van der Waals surface area contributed by atoms with E-state index in [2.05, 4.69) is 17.1 Å². The summed E-state index contributed by atoms with van der Waals surface area (Å²) in [5, 5.41) is 0. The van der Waals surface area contributed by atoms with Gasteiger partial charge in [-0.2, -0.15) is 4.99 Å². The molecule has 30 heavy (non-hydrogen) atoms. The van der Waals surface area contributed by atoms with Gasteiger partial charge in [0.05, 0.1) is 12.2 Å². The summed E-state index contributed by atoms with van der Waals surface area (Å²) in [6.07, 6.45) is 0. The van der Waals surface area contributed by atoms with Crippen molar-refractivity contribution in [1.82, 2.24) is 4.90 Å². The molecule has 3 aromatic carbocycles. The predicted octanol–water partition coefficient (Wildman–Crippen LogP) is 5.18. The van der Waals surface area contributed by atoms with Gasteiger partial charge in [-0.3, -0.25) is 4.79 Å². The summed E-state index contributed by atoms with van der Waals surface area (Å²) in [6, 6.07) is 18.8. The minimum absolute atomic E-state index is 0.0812. The molecule has 0 radical (unpaired) electrons. The van der Waals surface area contributed by atoms with E-state index < -0.39 is 23.1 Å². The Kier molecular flexibility index (Phi) is 5.57. The first-order valence-corrected chi connectivity index (χ1v) is 9.69. The number of carbonyl (C=O) groups excluding carboxylic acids is 1. The molecule has 3 aromatic rings. The van der Waals surface area contributed by atoms with Crippen molar-refractivity contribution in [2.75, 3.05) is 6.61 Å². The summed E-state index contributed by atoms with van der Waals surface area (Å²) in [5.41, 5.74) is 3.89. The number of ether oxygens (including phenoxy) is 1. The molecule has 152 valence electrons. The van der Waals surface area contributed by atoms with Gasteiger partial charge in [-0.25, -0.2) is 8.78 Å². The van der Waals surface area contributed by atoms with Crippen LogP contribution in [0, 0.1) is 11.6 Å². The van der Waals surface area contributed by atoms with Gasteiger partial charge in [-0.05, 0) is 47.4 Å². The molecular weight excluding hydrogens is 386 g/mol. The molecule has 0 saturated heterocycles. The summed E-state index contributed by atoms with van der Waals surface area (Å²) >= 11 is 0. The molecule has 0 fully saturated rings. The molecule has 1 aliphatic heterocycles. The predicted molar refractivity (Wildman–Crippen MR) is 111 cm³/mol. The van der Waals surface area contributed by atoms with Crippen LogP contribution in [0.5, 0.6) is 0 Å². The molecule has 0 spiro atoms. The van der Waals surface area contributed by atoms with Crippen molar-refractivity contribution in [2.45, 2.75) is 20.0 Å². The van der Waals surface area contributed by atoms with Gasteiger partial charge in [-0.1, -0.05) is 48.5 Å². The largest absolute Gasteiger partial charge is 0.465 e. The van der Waals surface area contributed by atoms with Gasteiger partial charge in [0.25, 0.3) is 11.9 Å². The van der Waals surface area contributed by atoms with Crippen molar-refractivity contribution in [3.63, 3.8) is 0 Å². The zero-order valence-electron chi connectivity index (χ0n) is 16.4. The maximum Gasteiger partial charge on any atom is 0.296 e. The lowest BCUT2D eigenvalue weighted by Crippen LogP contribution is -2.32. The van der Waals surface area contributed by atoms with E-state index in [0.717, 1.165) is 40.5 Å².